The van der Waals surface area contributed by atoms with Crippen molar-refractivity contribution in [1.29, 1.82) is 0 Å². The Morgan fingerprint density at radius 2 is 2.10 bits per heavy atom. The number of aliphatic imine (C=N–C) groups is 1. The molecule has 1 fully saturated rings. The monoisotopic (exact) mass is 410 g/mol. The van der Waals surface area contributed by atoms with Crippen LogP contribution in [0.1, 0.15) is 19.2 Å². The number of aromatic nitrogens is 2. The van der Waals surface area contributed by atoms with Crippen molar-refractivity contribution in [3.05, 3.63) is 59.4 Å². The van der Waals surface area contributed by atoms with E-state index in [4.69, 9.17) is 21.6 Å². The van der Waals surface area contributed by atoms with Crippen LogP contribution in [0, 0.1) is 0 Å². The molecule has 2 N–H and O–H groups in total. The molecule has 29 heavy (non-hydrogen) atoms. The van der Waals surface area contributed by atoms with Gasteiger partial charge in [-0.2, -0.15) is 0 Å². The minimum atomic E-state index is 0.340. The number of rotatable bonds is 5. The number of benzene rings is 2. The molecule has 0 radical (unpaired) electrons. The molecule has 0 bridgehead atoms. The molecule has 1 atom stereocenters. The van der Waals surface area contributed by atoms with E-state index in [9.17, 15) is 0 Å². The molecule has 0 spiro atoms. The Labute approximate surface area is 176 Å². The molecule has 1 aliphatic heterocycles. The van der Waals surface area contributed by atoms with Crippen LogP contribution in [0.2, 0.25) is 5.02 Å². The Morgan fingerprint density at radius 1 is 1.24 bits per heavy atom. The van der Waals surface area contributed by atoms with Gasteiger partial charge in [0.25, 0.3) is 0 Å². The number of aryl methyl sites for hydroxylation is 1. The third-order valence-corrected chi connectivity index (χ3v) is 5.54. The van der Waals surface area contributed by atoms with Gasteiger partial charge in [-0.15, -0.1) is 0 Å². The molecule has 4 rings (SSSR count). The van der Waals surface area contributed by atoms with Crippen LogP contribution in [-0.2, 0) is 13.6 Å². The van der Waals surface area contributed by atoms with E-state index in [0.717, 1.165) is 53.9 Å². The Morgan fingerprint density at radius 3 is 2.90 bits per heavy atom. The van der Waals surface area contributed by atoms with Gasteiger partial charge >= 0.3 is 0 Å². The Hall–Kier alpha value is -2.73. The third-order valence-electron chi connectivity index (χ3n) is 5.31. The number of anilines is 1. The van der Waals surface area contributed by atoms with E-state index in [1.165, 1.54) is 5.69 Å². The average Bonchev–Trinajstić information content (AvgIpc) is 3.31. The van der Waals surface area contributed by atoms with Crippen LogP contribution in [0.3, 0.4) is 0 Å². The first-order valence-electron chi connectivity index (χ1n) is 10.1. The van der Waals surface area contributed by atoms with E-state index < -0.39 is 0 Å². The van der Waals surface area contributed by atoms with Gasteiger partial charge in [0, 0.05) is 43.4 Å². The predicted octanol–water partition coefficient (Wildman–Crippen LogP) is 3.56. The van der Waals surface area contributed by atoms with Crippen molar-refractivity contribution >= 4 is 34.3 Å². The van der Waals surface area contributed by atoms with Crippen LogP contribution in [0.25, 0.3) is 11.0 Å². The number of hydrogen-bond acceptors (Lipinski definition) is 3. The summed E-state index contributed by atoms with van der Waals surface area (Å²) < 4.78 is 2.11. The maximum atomic E-state index is 6.15. The van der Waals surface area contributed by atoms with E-state index in [-0.39, 0.29) is 0 Å². The molecule has 1 saturated heterocycles. The smallest absolute Gasteiger partial charge is 0.191 e. The summed E-state index contributed by atoms with van der Waals surface area (Å²) in [6.07, 6.45) is 1.06. The fraction of sp³-hybridized carbons (Fsp3) is 0.364. The summed E-state index contributed by atoms with van der Waals surface area (Å²) in [5.41, 5.74) is 3.30. The van der Waals surface area contributed by atoms with Gasteiger partial charge in [-0.05, 0) is 43.7 Å². The van der Waals surface area contributed by atoms with Crippen LogP contribution in [0.5, 0.6) is 0 Å². The highest BCUT2D eigenvalue weighted by molar-refractivity contribution is 6.30. The molecule has 3 aromatic rings. The summed E-state index contributed by atoms with van der Waals surface area (Å²) >= 11 is 6.15. The summed E-state index contributed by atoms with van der Waals surface area (Å²) in [5.74, 6) is 1.79. The highest BCUT2D eigenvalue weighted by Gasteiger charge is 2.23. The molecule has 0 aliphatic carbocycles. The minimum Gasteiger partial charge on any atom is -0.369 e. The molecule has 2 aromatic carbocycles. The topological polar surface area (TPSA) is 57.5 Å². The first-order valence-corrected chi connectivity index (χ1v) is 10.5. The van der Waals surface area contributed by atoms with Gasteiger partial charge in [-0.1, -0.05) is 29.8 Å². The number of halogens is 1. The van der Waals surface area contributed by atoms with E-state index in [2.05, 4.69) is 39.2 Å². The summed E-state index contributed by atoms with van der Waals surface area (Å²) in [7, 11) is 2.04. The van der Waals surface area contributed by atoms with Gasteiger partial charge in [-0.25, -0.2) is 9.98 Å². The predicted molar refractivity (Wildman–Crippen MR) is 121 cm³/mol. The second kappa shape index (κ2) is 8.74. The Kier molecular flexibility index (Phi) is 5.90. The second-order valence-electron chi connectivity index (χ2n) is 7.33. The van der Waals surface area contributed by atoms with E-state index in [1.807, 2.05) is 43.4 Å². The lowest BCUT2D eigenvalue weighted by molar-refractivity contribution is 0.647. The lowest BCUT2D eigenvalue weighted by Crippen LogP contribution is -2.44. The molecule has 7 heteroatoms. The lowest BCUT2D eigenvalue weighted by atomic mass is 10.3. The minimum absolute atomic E-state index is 0.340. The zero-order chi connectivity index (χ0) is 20.2. The highest BCUT2D eigenvalue weighted by atomic mass is 35.5. The van der Waals surface area contributed by atoms with Crippen LogP contribution >= 0.6 is 11.6 Å². The van der Waals surface area contributed by atoms with Crippen molar-refractivity contribution in [1.82, 2.24) is 20.2 Å². The van der Waals surface area contributed by atoms with E-state index >= 15 is 0 Å². The third kappa shape index (κ3) is 4.48. The molecule has 0 amide bonds. The van der Waals surface area contributed by atoms with Gasteiger partial charge in [0.05, 0.1) is 11.0 Å². The average molecular weight is 411 g/mol. The number of para-hydroxylation sites is 2. The number of guanidine groups is 1. The molecule has 2 heterocycles. The zero-order valence-corrected chi connectivity index (χ0v) is 17.7. The van der Waals surface area contributed by atoms with E-state index in [1.54, 1.807) is 0 Å². The van der Waals surface area contributed by atoms with Crippen molar-refractivity contribution in [2.24, 2.45) is 12.0 Å². The van der Waals surface area contributed by atoms with Gasteiger partial charge in [0.1, 0.15) is 12.4 Å². The van der Waals surface area contributed by atoms with Crippen LogP contribution < -0.4 is 15.5 Å². The second-order valence-corrected chi connectivity index (χ2v) is 7.76. The van der Waals surface area contributed by atoms with Crippen LogP contribution in [0.15, 0.2) is 53.5 Å². The maximum absolute atomic E-state index is 6.15. The van der Waals surface area contributed by atoms with Gasteiger partial charge < -0.3 is 20.1 Å². The Bertz CT molecular complexity index is 1010. The van der Waals surface area contributed by atoms with Crippen LogP contribution in [-0.4, -0.2) is 41.2 Å². The quantitative estimate of drug-likeness (QED) is 0.498. The van der Waals surface area contributed by atoms with Crippen LogP contribution in [0.4, 0.5) is 5.69 Å². The van der Waals surface area contributed by atoms with Gasteiger partial charge in [0.2, 0.25) is 0 Å². The van der Waals surface area contributed by atoms with Crippen molar-refractivity contribution < 1.29 is 0 Å². The number of fused-ring (bicyclic) bond motifs is 1. The van der Waals surface area contributed by atoms with Crippen molar-refractivity contribution in [3.8, 4) is 0 Å². The molecule has 6 nitrogen and oxygen atoms in total. The SMILES string of the molecule is CCNC(=NCc1nc2ccccc2n1C)NC1CCN(c2cccc(Cl)c2)C1. The first kappa shape index (κ1) is 19.6. The summed E-state index contributed by atoms with van der Waals surface area (Å²) in [4.78, 5) is 11.9. The van der Waals surface area contributed by atoms with Gasteiger partial charge in [-0.3, -0.25) is 0 Å². The fourth-order valence-electron chi connectivity index (χ4n) is 3.79. The first-order chi connectivity index (χ1) is 14.1. The molecular weight excluding hydrogens is 384 g/mol. The molecular formula is C22H27ClN6. The van der Waals surface area contributed by atoms with Crippen molar-refractivity contribution in [2.75, 3.05) is 24.5 Å². The summed E-state index contributed by atoms with van der Waals surface area (Å²) in [5, 5.41) is 7.72. The number of hydrogen-bond donors (Lipinski definition) is 2. The van der Waals surface area contributed by atoms with Crippen molar-refractivity contribution in [2.45, 2.75) is 25.9 Å². The standard InChI is InChI=1S/C22H27ClN6/c1-3-24-22(25-14-21-27-19-9-4-5-10-20(19)28(21)2)26-17-11-12-29(15-17)18-8-6-7-16(23)13-18/h4-10,13,17H,3,11-12,14-15H2,1-2H3,(H2,24,25,26). The van der Waals surface area contributed by atoms with Crippen molar-refractivity contribution in [3.63, 3.8) is 0 Å². The van der Waals surface area contributed by atoms with Gasteiger partial charge in [0.15, 0.2) is 5.96 Å². The molecule has 1 aromatic heterocycles. The largest absolute Gasteiger partial charge is 0.369 e. The Balaban J connectivity index is 1.43. The van der Waals surface area contributed by atoms with E-state index in [0.29, 0.717) is 12.6 Å². The molecule has 0 saturated carbocycles. The number of nitrogens with zero attached hydrogens (tertiary/aromatic N) is 4. The lowest BCUT2D eigenvalue weighted by Gasteiger charge is -2.20. The molecule has 152 valence electrons. The molecule has 1 unspecified atom stereocenters. The summed E-state index contributed by atoms with van der Waals surface area (Å²) in [6, 6.07) is 16.6. The highest BCUT2D eigenvalue weighted by Crippen LogP contribution is 2.23. The zero-order valence-electron chi connectivity index (χ0n) is 16.9. The summed E-state index contributed by atoms with van der Waals surface area (Å²) in [6.45, 7) is 5.36. The maximum Gasteiger partial charge on any atom is 0.191 e. The molecule has 1 aliphatic rings. The fourth-order valence-corrected chi connectivity index (χ4v) is 3.97. The number of nitrogens with one attached hydrogen (secondary N) is 2. The number of imidazole rings is 1. The normalized spacial score (nSPS) is 17.1.